The first-order valence-electron chi connectivity index (χ1n) is 7.26. The Bertz CT molecular complexity index is 685. The Balaban J connectivity index is 1.80. The van der Waals surface area contributed by atoms with Crippen LogP contribution in [0.2, 0.25) is 0 Å². The highest BCUT2D eigenvalue weighted by atomic mass is 32.2. The van der Waals surface area contributed by atoms with Crippen LogP contribution in [-0.4, -0.2) is 54.8 Å². The van der Waals surface area contributed by atoms with Gasteiger partial charge in [0.15, 0.2) is 5.44 Å². The van der Waals surface area contributed by atoms with Gasteiger partial charge in [0.2, 0.25) is 0 Å². The second-order valence-corrected chi connectivity index (χ2v) is 6.58. The summed E-state index contributed by atoms with van der Waals surface area (Å²) in [5.41, 5.74) is 2.00. The number of rotatable bonds is 3. The molecule has 7 heteroatoms. The fourth-order valence-electron chi connectivity index (χ4n) is 2.42. The second kappa shape index (κ2) is 6.84. The van der Waals surface area contributed by atoms with Gasteiger partial charge in [0.05, 0.1) is 18.0 Å². The number of aliphatic hydroxyl groups is 3. The van der Waals surface area contributed by atoms with E-state index in [2.05, 4.69) is 9.97 Å². The molecule has 2 aromatic heterocycles. The van der Waals surface area contributed by atoms with Crippen LogP contribution >= 0.6 is 11.8 Å². The molecule has 0 radical (unpaired) electrons. The van der Waals surface area contributed by atoms with Gasteiger partial charge in [0.1, 0.15) is 18.0 Å². The molecule has 0 unspecified atom stereocenters. The van der Waals surface area contributed by atoms with Crippen LogP contribution in [0.3, 0.4) is 0 Å². The normalized spacial score (nSPS) is 27.7. The highest BCUT2D eigenvalue weighted by Gasteiger charge is 2.38. The summed E-state index contributed by atoms with van der Waals surface area (Å²) in [7, 11) is 0. The molecule has 3 rings (SSSR count). The molecule has 3 N–H and O–H groups in total. The number of thioether (sulfide) groups is 1. The van der Waals surface area contributed by atoms with E-state index in [-0.39, 0.29) is 0 Å². The zero-order valence-electron chi connectivity index (χ0n) is 12.5. The van der Waals surface area contributed by atoms with E-state index in [9.17, 15) is 15.3 Å². The Morgan fingerprint density at radius 3 is 2.83 bits per heavy atom. The molecule has 0 aliphatic carbocycles. The smallest absolute Gasteiger partial charge is 0.173 e. The van der Waals surface area contributed by atoms with Crippen LogP contribution in [0.4, 0.5) is 0 Å². The molecule has 122 valence electrons. The lowest BCUT2D eigenvalue weighted by atomic mass is 10.1. The summed E-state index contributed by atoms with van der Waals surface area (Å²) in [6.45, 7) is 1.97. The molecule has 1 aliphatic rings. The molecule has 0 bridgehead atoms. The molecule has 2 aromatic rings. The maximum Gasteiger partial charge on any atom is 0.173 e. The van der Waals surface area contributed by atoms with Crippen LogP contribution in [0.15, 0.2) is 36.8 Å². The minimum Gasteiger partial charge on any atom is -0.475 e. The summed E-state index contributed by atoms with van der Waals surface area (Å²) in [6, 6.07) is 5.63. The molecule has 3 heterocycles. The van der Waals surface area contributed by atoms with Gasteiger partial charge in [-0.15, -0.1) is 11.8 Å². The lowest BCUT2D eigenvalue weighted by Crippen LogP contribution is -2.50. The third kappa shape index (κ3) is 3.48. The first kappa shape index (κ1) is 16.2. The topological polar surface area (TPSA) is 95.7 Å². The van der Waals surface area contributed by atoms with E-state index in [1.165, 1.54) is 11.8 Å². The van der Waals surface area contributed by atoms with E-state index in [0.717, 1.165) is 16.8 Å². The minimum atomic E-state index is -1.21. The number of ether oxygens (including phenoxy) is 1. The second-order valence-electron chi connectivity index (χ2n) is 5.45. The van der Waals surface area contributed by atoms with Gasteiger partial charge in [-0.05, 0) is 24.6 Å². The van der Waals surface area contributed by atoms with Gasteiger partial charge >= 0.3 is 0 Å². The molecule has 0 saturated carbocycles. The third-order valence-electron chi connectivity index (χ3n) is 3.70. The van der Waals surface area contributed by atoms with Crippen LogP contribution in [-0.2, 0) is 0 Å². The van der Waals surface area contributed by atoms with Crippen molar-refractivity contribution in [2.75, 3.05) is 5.75 Å². The van der Waals surface area contributed by atoms with Crippen LogP contribution in [0.5, 0.6) is 5.75 Å². The van der Waals surface area contributed by atoms with E-state index >= 15 is 0 Å². The molecule has 23 heavy (non-hydrogen) atoms. The number of aromatic nitrogens is 2. The third-order valence-corrected chi connectivity index (χ3v) is 4.94. The number of hydrogen-bond acceptors (Lipinski definition) is 7. The van der Waals surface area contributed by atoms with Gasteiger partial charge in [0.25, 0.3) is 0 Å². The summed E-state index contributed by atoms with van der Waals surface area (Å²) in [6.07, 6.45) is 1.64. The van der Waals surface area contributed by atoms with Crippen molar-refractivity contribution < 1.29 is 20.1 Å². The maximum absolute atomic E-state index is 10.0. The quantitative estimate of drug-likeness (QED) is 0.770. The predicted octanol–water partition coefficient (Wildman–Crippen LogP) is 0.986. The molecular formula is C16H18N2O4S. The van der Waals surface area contributed by atoms with E-state index in [0.29, 0.717) is 11.5 Å². The van der Waals surface area contributed by atoms with Gasteiger partial charge in [-0.25, -0.2) is 0 Å². The van der Waals surface area contributed by atoms with E-state index in [1.54, 1.807) is 24.7 Å². The number of nitrogens with zero attached hydrogens (tertiary/aromatic N) is 2. The van der Waals surface area contributed by atoms with E-state index < -0.39 is 23.7 Å². The number of aryl methyl sites for hydroxylation is 1. The van der Waals surface area contributed by atoms with Gasteiger partial charge < -0.3 is 20.1 Å². The molecule has 0 spiro atoms. The molecule has 0 amide bonds. The zero-order chi connectivity index (χ0) is 16.4. The van der Waals surface area contributed by atoms with Crippen LogP contribution in [0.25, 0.3) is 11.3 Å². The SMILES string of the molecule is Cc1cccnc1-c1cncc(O[C@H]2SC[C@@H](O)[C@H](O)[C@H]2O)c1. The van der Waals surface area contributed by atoms with Crippen LogP contribution in [0.1, 0.15) is 5.56 Å². The van der Waals surface area contributed by atoms with Crippen LogP contribution in [0, 0.1) is 6.92 Å². The lowest BCUT2D eigenvalue weighted by Gasteiger charge is -2.34. The summed E-state index contributed by atoms with van der Waals surface area (Å²) < 4.78 is 5.74. The van der Waals surface area contributed by atoms with Crippen molar-refractivity contribution >= 4 is 11.8 Å². The maximum atomic E-state index is 10.0. The molecule has 1 aliphatic heterocycles. The Kier molecular flexibility index (Phi) is 4.82. The van der Waals surface area contributed by atoms with Crippen LogP contribution < -0.4 is 4.74 Å². The summed E-state index contributed by atoms with van der Waals surface area (Å²) >= 11 is 1.26. The standard InChI is InChI=1S/C16H18N2O4S/c1-9-3-2-4-18-13(9)10-5-11(7-17-6-10)22-16-15(21)14(20)12(19)8-23-16/h2-7,12,14-16,19-21H,8H2,1H3/t12-,14+,15-,16+/m1/s1. The first-order valence-corrected chi connectivity index (χ1v) is 8.30. The van der Waals surface area contributed by atoms with Crippen molar-refractivity contribution in [3.63, 3.8) is 0 Å². The number of hydrogen-bond donors (Lipinski definition) is 3. The number of pyridine rings is 2. The van der Waals surface area contributed by atoms with Crippen molar-refractivity contribution in [2.45, 2.75) is 30.7 Å². The van der Waals surface area contributed by atoms with Gasteiger partial charge in [-0.3, -0.25) is 9.97 Å². The summed E-state index contributed by atoms with van der Waals surface area (Å²) in [5.74, 6) is 0.780. The van der Waals surface area contributed by atoms with Crippen molar-refractivity contribution in [1.29, 1.82) is 0 Å². The molecular weight excluding hydrogens is 316 g/mol. The van der Waals surface area contributed by atoms with Gasteiger partial charge in [-0.1, -0.05) is 6.07 Å². The zero-order valence-corrected chi connectivity index (χ0v) is 13.3. The Hall–Kier alpha value is -1.67. The highest BCUT2D eigenvalue weighted by Crippen LogP contribution is 2.30. The first-order chi connectivity index (χ1) is 11.1. The van der Waals surface area contributed by atoms with Crippen molar-refractivity contribution in [2.24, 2.45) is 0 Å². The Labute approximate surface area is 138 Å². The largest absolute Gasteiger partial charge is 0.475 e. The van der Waals surface area contributed by atoms with E-state index in [4.69, 9.17) is 4.74 Å². The van der Waals surface area contributed by atoms with Crippen molar-refractivity contribution in [1.82, 2.24) is 9.97 Å². The average Bonchev–Trinajstić information content (AvgIpc) is 2.56. The van der Waals surface area contributed by atoms with Crippen molar-refractivity contribution in [3.05, 3.63) is 42.4 Å². The molecule has 1 saturated heterocycles. The monoisotopic (exact) mass is 334 g/mol. The van der Waals surface area contributed by atoms with Crippen molar-refractivity contribution in [3.8, 4) is 17.0 Å². The fourth-order valence-corrected chi connectivity index (χ4v) is 3.54. The summed E-state index contributed by atoms with van der Waals surface area (Å²) in [5, 5.41) is 29.3. The average molecular weight is 334 g/mol. The minimum absolute atomic E-state index is 0.301. The molecule has 1 fully saturated rings. The number of aliphatic hydroxyl groups excluding tert-OH is 3. The Morgan fingerprint density at radius 1 is 1.22 bits per heavy atom. The predicted molar refractivity (Wildman–Crippen MR) is 87.1 cm³/mol. The van der Waals surface area contributed by atoms with Gasteiger partial charge in [0, 0.05) is 23.7 Å². The highest BCUT2D eigenvalue weighted by molar-refractivity contribution is 7.99. The Morgan fingerprint density at radius 2 is 2.04 bits per heavy atom. The molecule has 4 atom stereocenters. The lowest BCUT2D eigenvalue weighted by molar-refractivity contribution is -0.0786. The van der Waals surface area contributed by atoms with E-state index in [1.807, 2.05) is 19.1 Å². The molecule has 0 aromatic carbocycles. The van der Waals surface area contributed by atoms with Gasteiger partial charge in [-0.2, -0.15) is 0 Å². The fraction of sp³-hybridized carbons (Fsp3) is 0.375. The summed E-state index contributed by atoms with van der Waals surface area (Å²) in [4.78, 5) is 8.51. The molecule has 6 nitrogen and oxygen atoms in total.